The Morgan fingerprint density at radius 3 is 2.42 bits per heavy atom. The molecule has 4 rings (SSSR count). The van der Waals surface area contributed by atoms with E-state index >= 15 is 0 Å². The van der Waals surface area contributed by atoms with E-state index in [-0.39, 0.29) is 11.4 Å². The Kier molecular flexibility index (Phi) is 5.49. The molecule has 0 aliphatic rings. The van der Waals surface area contributed by atoms with Crippen LogP contribution in [0, 0.1) is 13.8 Å². The zero-order valence-electron chi connectivity index (χ0n) is 17.5. The summed E-state index contributed by atoms with van der Waals surface area (Å²) in [6.45, 7) is 5.56. The van der Waals surface area contributed by atoms with Crippen LogP contribution >= 0.6 is 0 Å². The molecular weight excluding hydrogens is 392 g/mol. The van der Waals surface area contributed by atoms with Crippen molar-refractivity contribution in [2.24, 2.45) is 0 Å². The second-order valence-electron chi connectivity index (χ2n) is 7.20. The van der Waals surface area contributed by atoms with E-state index in [1.165, 1.54) is 5.56 Å². The summed E-state index contributed by atoms with van der Waals surface area (Å²) in [6.07, 6.45) is 0.947. The standard InChI is InChI=1S/C24H22N4O3/c1-4-17-10-12-18(13-11-17)20-14-21(31-27-20)25-24(30)23(29)22-15(2)26-28(16(22)3)19-8-6-5-7-9-19/h5-14H,4H2,1-3H3,(H,25,30). The van der Waals surface area contributed by atoms with Crippen molar-refractivity contribution >= 4 is 17.6 Å². The van der Waals surface area contributed by atoms with Crippen LogP contribution < -0.4 is 5.32 Å². The molecule has 0 saturated carbocycles. The maximum atomic E-state index is 12.9. The Balaban J connectivity index is 1.53. The second-order valence-corrected chi connectivity index (χ2v) is 7.20. The van der Waals surface area contributed by atoms with Crippen molar-refractivity contribution in [1.82, 2.24) is 14.9 Å². The number of hydrogen-bond donors (Lipinski definition) is 1. The largest absolute Gasteiger partial charge is 0.338 e. The van der Waals surface area contributed by atoms with Crippen molar-refractivity contribution in [2.75, 3.05) is 5.32 Å². The molecular formula is C24H22N4O3. The average molecular weight is 414 g/mol. The normalized spacial score (nSPS) is 10.8. The minimum atomic E-state index is -0.803. The Labute approximate surface area is 179 Å². The van der Waals surface area contributed by atoms with Crippen molar-refractivity contribution in [3.63, 3.8) is 0 Å². The van der Waals surface area contributed by atoms with Gasteiger partial charge in [-0.25, -0.2) is 4.68 Å². The van der Waals surface area contributed by atoms with Crippen LogP contribution in [0.15, 0.2) is 65.2 Å². The summed E-state index contributed by atoms with van der Waals surface area (Å²) in [6, 6.07) is 19.0. The number of nitrogens with zero attached hydrogens (tertiary/aromatic N) is 3. The van der Waals surface area contributed by atoms with Gasteiger partial charge in [0, 0.05) is 11.6 Å². The molecule has 0 bridgehead atoms. The topological polar surface area (TPSA) is 90.0 Å². The third-order valence-electron chi connectivity index (χ3n) is 5.13. The SMILES string of the molecule is CCc1ccc(-c2cc(NC(=O)C(=O)c3c(C)nn(-c4ccccc4)c3C)on2)cc1. The molecule has 0 atom stereocenters. The Bertz CT molecular complexity index is 1240. The van der Waals surface area contributed by atoms with Crippen LogP contribution in [0.25, 0.3) is 16.9 Å². The number of para-hydroxylation sites is 1. The fourth-order valence-corrected chi connectivity index (χ4v) is 3.46. The summed E-state index contributed by atoms with van der Waals surface area (Å²) in [5.41, 5.74) is 4.83. The fourth-order valence-electron chi connectivity index (χ4n) is 3.46. The molecule has 2 heterocycles. The number of carbonyl (C=O) groups excluding carboxylic acids is 2. The predicted molar refractivity (Wildman–Crippen MR) is 117 cm³/mol. The zero-order valence-corrected chi connectivity index (χ0v) is 17.5. The monoisotopic (exact) mass is 414 g/mol. The molecule has 31 heavy (non-hydrogen) atoms. The first kappa shape index (κ1) is 20.3. The maximum Gasteiger partial charge on any atom is 0.299 e. The van der Waals surface area contributed by atoms with E-state index in [0.29, 0.717) is 17.1 Å². The lowest BCUT2D eigenvalue weighted by Gasteiger charge is -2.04. The van der Waals surface area contributed by atoms with E-state index in [9.17, 15) is 9.59 Å². The molecule has 0 unspecified atom stereocenters. The van der Waals surface area contributed by atoms with Gasteiger partial charge in [-0.3, -0.25) is 14.9 Å². The Hall–Kier alpha value is -4.00. The number of amides is 1. The smallest absolute Gasteiger partial charge is 0.299 e. The van der Waals surface area contributed by atoms with E-state index in [4.69, 9.17) is 4.52 Å². The molecule has 1 N–H and O–H groups in total. The lowest BCUT2D eigenvalue weighted by atomic mass is 10.1. The highest BCUT2D eigenvalue weighted by atomic mass is 16.5. The number of aryl methyl sites for hydroxylation is 2. The maximum absolute atomic E-state index is 12.9. The highest BCUT2D eigenvalue weighted by Gasteiger charge is 2.26. The van der Waals surface area contributed by atoms with Gasteiger partial charge in [-0.05, 0) is 38.0 Å². The van der Waals surface area contributed by atoms with E-state index in [1.807, 2.05) is 54.6 Å². The van der Waals surface area contributed by atoms with Crippen LogP contribution in [0.2, 0.25) is 0 Å². The van der Waals surface area contributed by atoms with Crippen LogP contribution in [-0.2, 0) is 11.2 Å². The van der Waals surface area contributed by atoms with Crippen LogP contribution in [0.1, 0.15) is 34.2 Å². The van der Waals surface area contributed by atoms with Gasteiger partial charge >= 0.3 is 0 Å². The molecule has 0 radical (unpaired) electrons. The molecule has 1 amide bonds. The van der Waals surface area contributed by atoms with Crippen molar-refractivity contribution in [1.29, 1.82) is 0 Å². The fraction of sp³-hybridized carbons (Fsp3) is 0.167. The van der Waals surface area contributed by atoms with Gasteiger partial charge in [0.2, 0.25) is 5.88 Å². The first-order valence-corrected chi connectivity index (χ1v) is 10.0. The molecule has 0 fully saturated rings. The predicted octanol–water partition coefficient (Wildman–Crippen LogP) is 4.53. The van der Waals surface area contributed by atoms with Crippen molar-refractivity contribution in [3.8, 4) is 16.9 Å². The van der Waals surface area contributed by atoms with Crippen molar-refractivity contribution in [2.45, 2.75) is 27.2 Å². The number of carbonyl (C=O) groups is 2. The first-order valence-electron chi connectivity index (χ1n) is 10.0. The summed E-state index contributed by atoms with van der Waals surface area (Å²) < 4.78 is 6.87. The average Bonchev–Trinajstić information content (AvgIpc) is 3.37. The van der Waals surface area contributed by atoms with Crippen LogP contribution in [0.4, 0.5) is 5.88 Å². The van der Waals surface area contributed by atoms with Crippen molar-refractivity contribution in [3.05, 3.63) is 83.2 Å². The summed E-state index contributed by atoms with van der Waals surface area (Å²) in [5, 5.41) is 10.9. The molecule has 156 valence electrons. The molecule has 2 aromatic heterocycles. The molecule has 2 aromatic carbocycles. The number of aromatic nitrogens is 3. The quantitative estimate of drug-likeness (QED) is 0.370. The van der Waals surface area contributed by atoms with Crippen LogP contribution in [-0.4, -0.2) is 26.6 Å². The van der Waals surface area contributed by atoms with Gasteiger partial charge in [0.25, 0.3) is 11.7 Å². The number of rotatable bonds is 6. The summed E-state index contributed by atoms with van der Waals surface area (Å²) in [5.74, 6) is -1.37. The number of ketones is 1. The van der Waals surface area contributed by atoms with Gasteiger partial charge < -0.3 is 4.52 Å². The Morgan fingerprint density at radius 2 is 1.74 bits per heavy atom. The van der Waals surface area contributed by atoms with E-state index in [0.717, 1.165) is 17.7 Å². The van der Waals surface area contributed by atoms with Gasteiger partial charge in [-0.2, -0.15) is 5.10 Å². The summed E-state index contributed by atoms with van der Waals surface area (Å²) in [7, 11) is 0. The molecule has 0 saturated heterocycles. The first-order chi connectivity index (χ1) is 15.0. The van der Waals surface area contributed by atoms with Gasteiger partial charge in [-0.15, -0.1) is 0 Å². The number of benzene rings is 2. The minimum absolute atomic E-state index is 0.110. The molecule has 4 aromatic rings. The summed E-state index contributed by atoms with van der Waals surface area (Å²) in [4.78, 5) is 25.5. The third kappa shape index (κ3) is 4.02. The minimum Gasteiger partial charge on any atom is -0.338 e. The number of Topliss-reactive ketones (excluding diaryl/α,β-unsaturated/α-hetero) is 1. The molecule has 0 aliphatic heterocycles. The number of hydrogen-bond acceptors (Lipinski definition) is 5. The summed E-state index contributed by atoms with van der Waals surface area (Å²) >= 11 is 0. The molecule has 7 nitrogen and oxygen atoms in total. The highest BCUT2D eigenvalue weighted by Crippen LogP contribution is 2.23. The zero-order chi connectivity index (χ0) is 22.0. The molecule has 0 aliphatic carbocycles. The van der Waals surface area contributed by atoms with Crippen LogP contribution in [0.5, 0.6) is 0 Å². The van der Waals surface area contributed by atoms with E-state index < -0.39 is 11.7 Å². The van der Waals surface area contributed by atoms with Crippen molar-refractivity contribution < 1.29 is 14.1 Å². The van der Waals surface area contributed by atoms with E-state index in [2.05, 4.69) is 22.5 Å². The highest BCUT2D eigenvalue weighted by molar-refractivity contribution is 6.46. The van der Waals surface area contributed by atoms with Gasteiger partial charge in [0.15, 0.2) is 0 Å². The third-order valence-corrected chi connectivity index (χ3v) is 5.13. The second kappa shape index (κ2) is 8.39. The molecule has 0 spiro atoms. The number of nitrogens with one attached hydrogen (secondary N) is 1. The van der Waals surface area contributed by atoms with Crippen LogP contribution in [0.3, 0.4) is 0 Å². The Morgan fingerprint density at radius 1 is 1.03 bits per heavy atom. The lowest BCUT2D eigenvalue weighted by molar-refractivity contribution is -0.112. The van der Waals surface area contributed by atoms with E-state index in [1.54, 1.807) is 24.6 Å². The van der Waals surface area contributed by atoms with Gasteiger partial charge in [0.05, 0.1) is 22.6 Å². The number of anilines is 1. The molecule has 7 heteroatoms. The van der Waals surface area contributed by atoms with Gasteiger partial charge in [-0.1, -0.05) is 54.5 Å². The lowest BCUT2D eigenvalue weighted by Crippen LogP contribution is -2.23. The van der Waals surface area contributed by atoms with Gasteiger partial charge in [0.1, 0.15) is 5.69 Å².